The second kappa shape index (κ2) is 11.4. The number of alkyl halides is 1. The Morgan fingerprint density at radius 2 is 1.95 bits per heavy atom. The monoisotopic (exact) mass is 632 g/mol. The Morgan fingerprint density at radius 3 is 2.76 bits per heavy atom. The summed E-state index contributed by atoms with van der Waals surface area (Å²) in [4.78, 5) is 16.8. The fraction of sp³-hybridized carbons (Fsp3) is 0.500. The summed E-state index contributed by atoms with van der Waals surface area (Å²) < 4.78 is 28.4. The Morgan fingerprint density at radius 1 is 1.11 bits per heavy atom. The molecular formula is C28H34FIN6O2. The maximum absolute atomic E-state index is 15.7. The number of piperazine rings is 1. The first kappa shape index (κ1) is 25.8. The van der Waals surface area contributed by atoms with E-state index in [9.17, 15) is 0 Å². The molecule has 0 saturated carbocycles. The van der Waals surface area contributed by atoms with Crippen molar-refractivity contribution in [1.82, 2.24) is 20.2 Å². The smallest absolute Gasteiger partial charge is 0.318 e. The number of methoxy groups -OCH3 is 1. The Kier molecular flexibility index (Phi) is 7.71. The third-order valence-electron chi connectivity index (χ3n) is 7.96. The van der Waals surface area contributed by atoms with Crippen molar-refractivity contribution in [3.05, 3.63) is 47.4 Å². The van der Waals surface area contributed by atoms with Crippen LogP contribution in [0.3, 0.4) is 0 Å². The quantitative estimate of drug-likeness (QED) is 0.239. The highest BCUT2D eigenvalue weighted by Crippen LogP contribution is 2.39. The number of aromatic nitrogens is 2. The van der Waals surface area contributed by atoms with E-state index in [1.807, 2.05) is 24.3 Å². The highest BCUT2D eigenvalue weighted by atomic mass is 127. The number of likely N-dealkylation sites (tertiary alicyclic amines) is 1. The zero-order valence-electron chi connectivity index (χ0n) is 21.8. The number of halogens is 2. The highest BCUT2D eigenvalue weighted by Gasteiger charge is 2.30. The standard InChI is InChI=1S/C28H34FIN6O2/c1-37-24-15-19-5-2-3-7-21(19)26(25(24)29)35-12-8-22-23(16-35)32-28(33-27(22)34-13-9-31-10-14-34)38-17-20-6-4-11-36(20)18-30/h2-3,5,7,15,20,31H,4,6,8-14,16-18H2,1H3/t20-/m0/s1. The number of anilines is 2. The van der Waals surface area contributed by atoms with Gasteiger partial charge in [-0.1, -0.05) is 46.9 Å². The molecule has 1 N–H and O–H groups in total. The van der Waals surface area contributed by atoms with Gasteiger partial charge in [-0.3, -0.25) is 4.90 Å². The molecule has 0 amide bonds. The van der Waals surface area contributed by atoms with Crippen LogP contribution in [0.4, 0.5) is 15.9 Å². The lowest BCUT2D eigenvalue weighted by molar-refractivity contribution is 0.185. The van der Waals surface area contributed by atoms with Crippen LogP contribution in [0.25, 0.3) is 10.8 Å². The lowest BCUT2D eigenvalue weighted by Gasteiger charge is -2.35. The van der Waals surface area contributed by atoms with Crippen molar-refractivity contribution in [2.24, 2.45) is 0 Å². The highest BCUT2D eigenvalue weighted by molar-refractivity contribution is 14.1. The number of hydrogen-bond acceptors (Lipinski definition) is 8. The second-order valence-electron chi connectivity index (χ2n) is 10.2. The fourth-order valence-corrected chi connectivity index (χ4v) is 6.83. The molecule has 2 fully saturated rings. The van der Waals surface area contributed by atoms with Crippen LogP contribution >= 0.6 is 22.6 Å². The maximum atomic E-state index is 15.7. The summed E-state index contributed by atoms with van der Waals surface area (Å²) in [7, 11) is 1.52. The fourth-order valence-electron chi connectivity index (χ4n) is 5.93. The summed E-state index contributed by atoms with van der Waals surface area (Å²) in [5, 5.41) is 5.26. The van der Waals surface area contributed by atoms with Gasteiger partial charge in [0, 0.05) is 49.7 Å². The molecule has 0 aliphatic carbocycles. The summed E-state index contributed by atoms with van der Waals surface area (Å²) in [6.07, 6.45) is 3.07. The lowest BCUT2D eigenvalue weighted by Crippen LogP contribution is -2.45. The first-order valence-corrected chi connectivity index (χ1v) is 15.0. The van der Waals surface area contributed by atoms with Crippen molar-refractivity contribution in [2.45, 2.75) is 31.8 Å². The van der Waals surface area contributed by atoms with Gasteiger partial charge in [0.1, 0.15) is 12.4 Å². The summed E-state index contributed by atoms with van der Waals surface area (Å²) in [6, 6.07) is 10.5. The second-order valence-corrected chi connectivity index (χ2v) is 10.8. The SMILES string of the molecule is COc1cc2ccccc2c(N2CCc3c(nc(OC[C@@H]4CCCN4CI)nc3N3CCNCC3)C2)c1F. The molecule has 10 heteroatoms. The molecule has 2 aromatic carbocycles. The van der Waals surface area contributed by atoms with Crippen molar-refractivity contribution in [3.8, 4) is 11.8 Å². The topological polar surface area (TPSA) is 66.0 Å². The largest absolute Gasteiger partial charge is 0.494 e. The van der Waals surface area contributed by atoms with E-state index in [4.69, 9.17) is 19.4 Å². The summed E-state index contributed by atoms with van der Waals surface area (Å²) in [5.41, 5.74) is 2.63. The van der Waals surface area contributed by atoms with E-state index in [2.05, 4.69) is 42.6 Å². The van der Waals surface area contributed by atoms with Crippen LogP contribution in [0.2, 0.25) is 0 Å². The van der Waals surface area contributed by atoms with Crippen molar-refractivity contribution >= 4 is 44.9 Å². The normalized spacial score (nSPS) is 20.1. The Labute approximate surface area is 236 Å². The molecule has 202 valence electrons. The molecule has 0 unspecified atom stereocenters. The van der Waals surface area contributed by atoms with Gasteiger partial charge in [-0.05, 0) is 37.3 Å². The maximum Gasteiger partial charge on any atom is 0.318 e. The third kappa shape index (κ3) is 4.98. The zero-order valence-corrected chi connectivity index (χ0v) is 23.9. The summed E-state index contributed by atoms with van der Waals surface area (Å²) >= 11 is 2.42. The Bertz CT molecular complexity index is 1300. The van der Waals surface area contributed by atoms with Crippen LogP contribution in [-0.4, -0.2) is 78.4 Å². The Balaban J connectivity index is 1.35. The summed E-state index contributed by atoms with van der Waals surface area (Å²) in [6.45, 7) is 6.51. The van der Waals surface area contributed by atoms with Crippen LogP contribution in [0.15, 0.2) is 30.3 Å². The first-order valence-electron chi connectivity index (χ1n) is 13.4. The molecule has 1 atom stereocenters. The zero-order chi connectivity index (χ0) is 26.1. The number of nitrogens with zero attached hydrogens (tertiary/aromatic N) is 5. The van der Waals surface area contributed by atoms with Gasteiger partial charge in [-0.2, -0.15) is 9.97 Å². The Hall–Kier alpha value is -2.44. The van der Waals surface area contributed by atoms with Gasteiger partial charge in [0.05, 0.1) is 29.6 Å². The van der Waals surface area contributed by atoms with E-state index in [0.717, 1.165) is 78.0 Å². The lowest BCUT2D eigenvalue weighted by atomic mass is 10.0. The third-order valence-corrected chi connectivity index (χ3v) is 8.84. The van der Waals surface area contributed by atoms with E-state index >= 15 is 4.39 Å². The van der Waals surface area contributed by atoms with E-state index in [1.54, 1.807) is 6.07 Å². The first-order chi connectivity index (χ1) is 18.7. The molecule has 3 aromatic rings. The number of ether oxygens (including phenoxy) is 2. The molecule has 8 nitrogen and oxygen atoms in total. The van der Waals surface area contributed by atoms with Gasteiger partial charge in [0.2, 0.25) is 0 Å². The molecule has 3 aliphatic rings. The number of nitrogens with one attached hydrogen (secondary N) is 1. The number of benzene rings is 2. The van der Waals surface area contributed by atoms with Gasteiger partial charge in [0.15, 0.2) is 11.6 Å². The van der Waals surface area contributed by atoms with Crippen molar-refractivity contribution in [1.29, 1.82) is 0 Å². The predicted molar refractivity (Wildman–Crippen MR) is 156 cm³/mol. The molecule has 0 bridgehead atoms. The van der Waals surface area contributed by atoms with Crippen LogP contribution in [0.1, 0.15) is 24.1 Å². The van der Waals surface area contributed by atoms with E-state index in [0.29, 0.717) is 37.4 Å². The molecule has 38 heavy (non-hydrogen) atoms. The van der Waals surface area contributed by atoms with Crippen molar-refractivity contribution in [3.63, 3.8) is 0 Å². The predicted octanol–water partition coefficient (Wildman–Crippen LogP) is 3.99. The van der Waals surface area contributed by atoms with Crippen LogP contribution in [0, 0.1) is 5.82 Å². The minimum atomic E-state index is -0.331. The molecule has 3 aliphatic heterocycles. The number of fused-ring (bicyclic) bond motifs is 2. The van der Waals surface area contributed by atoms with E-state index in [-0.39, 0.29) is 11.6 Å². The van der Waals surface area contributed by atoms with Crippen molar-refractivity contribution in [2.75, 3.05) is 67.3 Å². The van der Waals surface area contributed by atoms with Gasteiger partial charge in [-0.25, -0.2) is 4.39 Å². The molecule has 0 radical (unpaired) electrons. The number of rotatable bonds is 7. The van der Waals surface area contributed by atoms with Gasteiger partial charge in [-0.15, -0.1) is 0 Å². The molecule has 6 rings (SSSR count). The van der Waals surface area contributed by atoms with Crippen LogP contribution in [-0.2, 0) is 13.0 Å². The van der Waals surface area contributed by atoms with Gasteiger partial charge < -0.3 is 24.6 Å². The molecule has 4 heterocycles. The molecule has 0 spiro atoms. The average molecular weight is 633 g/mol. The van der Waals surface area contributed by atoms with Crippen molar-refractivity contribution < 1.29 is 13.9 Å². The molecule has 2 saturated heterocycles. The number of hydrogen-bond donors (Lipinski definition) is 1. The average Bonchev–Trinajstić information content (AvgIpc) is 3.43. The molecular weight excluding hydrogens is 598 g/mol. The van der Waals surface area contributed by atoms with Gasteiger partial charge in [0.25, 0.3) is 0 Å². The van der Waals surface area contributed by atoms with Gasteiger partial charge >= 0.3 is 6.01 Å². The van der Waals surface area contributed by atoms with Crippen LogP contribution in [0.5, 0.6) is 11.8 Å². The minimum absolute atomic E-state index is 0.258. The van der Waals surface area contributed by atoms with E-state index < -0.39 is 0 Å². The van der Waals surface area contributed by atoms with E-state index in [1.165, 1.54) is 13.5 Å². The molecule has 1 aromatic heterocycles. The summed E-state index contributed by atoms with van der Waals surface area (Å²) in [5.74, 6) is 0.899. The van der Waals surface area contributed by atoms with Crippen LogP contribution < -0.4 is 24.6 Å². The minimum Gasteiger partial charge on any atom is -0.494 e.